The number of fused-ring (bicyclic) bond motifs is 2. The molecule has 6 nitrogen and oxygen atoms in total. The van der Waals surface area contributed by atoms with Gasteiger partial charge in [-0.2, -0.15) is 0 Å². The van der Waals surface area contributed by atoms with Crippen molar-refractivity contribution >= 4 is 11.9 Å². The summed E-state index contributed by atoms with van der Waals surface area (Å²) in [5.41, 5.74) is 0.349. The standard InChI is InChI=1S/C16H20FN3O3/c1-9(2)18-16(22)20-7-12-14(8-20)23-13-6-10(17)4-5-11(13)15(21)19(12)3/h4-6,9,12,14H,7-8H2,1-3H3,(H,18,22)/t12-,14+/m1/s1. The number of urea groups is 1. The van der Waals surface area contributed by atoms with Gasteiger partial charge in [0.05, 0.1) is 18.2 Å². The fourth-order valence-electron chi connectivity index (χ4n) is 3.02. The van der Waals surface area contributed by atoms with Crippen LogP contribution in [0.4, 0.5) is 9.18 Å². The highest BCUT2D eigenvalue weighted by molar-refractivity contribution is 5.97. The van der Waals surface area contributed by atoms with Crippen LogP contribution in [0.3, 0.4) is 0 Å². The molecule has 2 aliphatic heterocycles. The van der Waals surface area contributed by atoms with E-state index in [9.17, 15) is 14.0 Å². The Kier molecular flexibility index (Phi) is 3.87. The van der Waals surface area contributed by atoms with Crippen LogP contribution in [0.2, 0.25) is 0 Å². The summed E-state index contributed by atoms with van der Waals surface area (Å²) in [5.74, 6) is -0.441. The second kappa shape index (κ2) is 5.72. The number of ether oxygens (including phenoxy) is 1. The lowest BCUT2D eigenvalue weighted by Gasteiger charge is -2.25. The van der Waals surface area contributed by atoms with Crippen molar-refractivity contribution in [3.05, 3.63) is 29.6 Å². The number of nitrogens with zero attached hydrogens (tertiary/aromatic N) is 2. The van der Waals surface area contributed by atoms with Gasteiger partial charge in [0.15, 0.2) is 0 Å². The zero-order chi connectivity index (χ0) is 16.7. The molecule has 1 saturated heterocycles. The van der Waals surface area contributed by atoms with Crippen molar-refractivity contribution in [2.45, 2.75) is 32.0 Å². The predicted molar refractivity (Wildman–Crippen MR) is 81.9 cm³/mol. The Balaban J connectivity index is 1.86. The van der Waals surface area contributed by atoms with E-state index >= 15 is 0 Å². The second-order valence-electron chi connectivity index (χ2n) is 6.29. The maximum Gasteiger partial charge on any atom is 0.317 e. The number of rotatable bonds is 1. The van der Waals surface area contributed by atoms with E-state index in [0.717, 1.165) is 0 Å². The summed E-state index contributed by atoms with van der Waals surface area (Å²) in [4.78, 5) is 27.9. The molecule has 0 bridgehead atoms. The van der Waals surface area contributed by atoms with Gasteiger partial charge in [-0.05, 0) is 26.0 Å². The number of hydrogen-bond acceptors (Lipinski definition) is 3. The van der Waals surface area contributed by atoms with E-state index in [1.807, 2.05) is 13.8 Å². The number of hydrogen-bond donors (Lipinski definition) is 1. The van der Waals surface area contributed by atoms with Gasteiger partial charge >= 0.3 is 6.03 Å². The number of carbonyl (C=O) groups excluding carboxylic acids is 2. The van der Waals surface area contributed by atoms with E-state index in [2.05, 4.69) is 5.32 Å². The van der Waals surface area contributed by atoms with Crippen LogP contribution in [0.25, 0.3) is 0 Å². The molecule has 3 rings (SSSR count). The number of halogens is 1. The molecule has 1 aromatic carbocycles. The van der Waals surface area contributed by atoms with Crippen LogP contribution in [0.1, 0.15) is 24.2 Å². The minimum absolute atomic E-state index is 0.0306. The third-order valence-electron chi connectivity index (χ3n) is 4.21. The number of amides is 3. The lowest BCUT2D eigenvalue weighted by Crippen LogP contribution is -2.45. The molecule has 124 valence electrons. The summed E-state index contributed by atoms with van der Waals surface area (Å²) in [6, 6.07) is 3.50. The third kappa shape index (κ3) is 2.83. The lowest BCUT2D eigenvalue weighted by molar-refractivity contribution is 0.0682. The first-order valence-corrected chi connectivity index (χ1v) is 7.65. The summed E-state index contributed by atoms with van der Waals surface area (Å²) in [6.45, 7) is 4.52. The lowest BCUT2D eigenvalue weighted by atomic mass is 10.1. The minimum atomic E-state index is -0.454. The zero-order valence-corrected chi connectivity index (χ0v) is 13.4. The van der Waals surface area contributed by atoms with Gasteiger partial charge < -0.3 is 19.9 Å². The monoisotopic (exact) mass is 321 g/mol. The first-order valence-electron chi connectivity index (χ1n) is 7.65. The number of carbonyl (C=O) groups is 2. The van der Waals surface area contributed by atoms with E-state index < -0.39 is 5.82 Å². The number of likely N-dealkylation sites (tertiary alicyclic amines) is 1. The van der Waals surface area contributed by atoms with Crippen molar-refractivity contribution in [1.82, 2.24) is 15.1 Å². The van der Waals surface area contributed by atoms with Crippen LogP contribution < -0.4 is 10.1 Å². The topological polar surface area (TPSA) is 61.9 Å². The summed E-state index contributed by atoms with van der Waals surface area (Å²) < 4.78 is 19.3. The van der Waals surface area contributed by atoms with Crippen molar-refractivity contribution < 1.29 is 18.7 Å². The van der Waals surface area contributed by atoms with Crippen molar-refractivity contribution in [1.29, 1.82) is 0 Å². The Morgan fingerprint density at radius 2 is 2.13 bits per heavy atom. The fourth-order valence-corrected chi connectivity index (χ4v) is 3.02. The molecule has 1 N–H and O–H groups in total. The highest BCUT2D eigenvalue weighted by Gasteiger charge is 2.43. The van der Waals surface area contributed by atoms with E-state index in [1.54, 1.807) is 16.8 Å². The molecule has 1 aromatic rings. The largest absolute Gasteiger partial charge is 0.485 e. The normalized spacial score (nSPS) is 23.3. The van der Waals surface area contributed by atoms with Crippen LogP contribution in [0, 0.1) is 5.82 Å². The van der Waals surface area contributed by atoms with Crippen LogP contribution in [0.5, 0.6) is 5.75 Å². The summed E-state index contributed by atoms with van der Waals surface area (Å²) in [7, 11) is 1.69. The number of benzene rings is 1. The third-order valence-corrected chi connectivity index (χ3v) is 4.21. The second-order valence-corrected chi connectivity index (χ2v) is 6.29. The Labute approximate surface area is 134 Å². The summed E-state index contributed by atoms with van der Waals surface area (Å²) >= 11 is 0. The average Bonchev–Trinajstić information content (AvgIpc) is 2.85. The Morgan fingerprint density at radius 1 is 1.39 bits per heavy atom. The highest BCUT2D eigenvalue weighted by atomic mass is 19.1. The van der Waals surface area contributed by atoms with Gasteiger partial charge in [-0.25, -0.2) is 9.18 Å². The molecule has 2 aliphatic rings. The molecule has 0 spiro atoms. The van der Waals surface area contributed by atoms with Crippen LogP contribution >= 0.6 is 0 Å². The van der Waals surface area contributed by atoms with Gasteiger partial charge in [0, 0.05) is 25.7 Å². The molecule has 7 heteroatoms. The number of likely N-dealkylation sites (N-methyl/N-ethyl adjacent to an activating group) is 1. The Bertz CT molecular complexity index is 649. The predicted octanol–water partition coefficient (Wildman–Crippen LogP) is 1.46. The van der Waals surface area contributed by atoms with Crippen molar-refractivity contribution in [3.63, 3.8) is 0 Å². The molecule has 0 saturated carbocycles. The van der Waals surface area contributed by atoms with E-state index in [4.69, 9.17) is 4.74 Å². The van der Waals surface area contributed by atoms with Gasteiger partial charge in [-0.15, -0.1) is 0 Å². The molecule has 1 fully saturated rings. The number of nitrogens with one attached hydrogen (secondary N) is 1. The first kappa shape index (κ1) is 15.6. The van der Waals surface area contributed by atoms with Crippen molar-refractivity contribution in [2.24, 2.45) is 0 Å². The molecular weight excluding hydrogens is 301 g/mol. The molecule has 3 amide bonds. The van der Waals surface area contributed by atoms with Gasteiger partial charge in [-0.1, -0.05) is 0 Å². The zero-order valence-electron chi connectivity index (χ0n) is 13.4. The molecule has 2 atom stereocenters. The maximum atomic E-state index is 13.5. The first-order chi connectivity index (χ1) is 10.9. The summed E-state index contributed by atoms with van der Waals surface area (Å²) in [5, 5.41) is 2.83. The van der Waals surface area contributed by atoms with Gasteiger partial charge in [0.1, 0.15) is 17.7 Å². The smallest absolute Gasteiger partial charge is 0.317 e. The Morgan fingerprint density at radius 3 is 2.83 bits per heavy atom. The van der Waals surface area contributed by atoms with Crippen LogP contribution in [0.15, 0.2) is 18.2 Å². The van der Waals surface area contributed by atoms with Crippen LogP contribution in [-0.2, 0) is 0 Å². The van der Waals surface area contributed by atoms with Crippen molar-refractivity contribution in [2.75, 3.05) is 20.1 Å². The van der Waals surface area contributed by atoms with Gasteiger partial charge in [0.25, 0.3) is 5.91 Å². The Hall–Kier alpha value is -2.31. The molecule has 0 radical (unpaired) electrons. The summed E-state index contributed by atoms with van der Waals surface area (Å²) in [6.07, 6.45) is -0.370. The minimum Gasteiger partial charge on any atom is -0.485 e. The van der Waals surface area contributed by atoms with Gasteiger partial charge in [0.2, 0.25) is 0 Å². The van der Waals surface area contributed by atoms with Gasteiger partial charge in [-0.3, -0.25) is 4.79 Å². The molecular formula is C16H20FN3O3. The fraction of sp³-hybridized carbons (Fsp3) is 0.500. The SMILES string of the molecule is CC(C)NC(=O)N1C[C@@H]2Oc3cc(F)ccc3C(=O)N(C)[C@@H]2C1. The highest BCUT2D eigenvalue weighted by Crippen LogP contribution is 2.31. The van der Waals surface area contributed by atoms with E-state index in [1.165, 1.54) is 18.2 Å². The van der Waals surface area contributed by atoms with Crippen LogP contribution in [-0.4, -0.2) is 60.1 Å². The quantitative estimate of drug-likeness (QED) is 0.852. The van der Waals surface area contributed by atoms with Crippen molar-refractivity contribution in [3.8, 4) is 5.75 Å². The molecule has 0 unspecified atom stereocenters. The molecule has 23 heavy (non-hydrogen) atoms. The average molecular weight is 321 g/mol. The van der Waals surface area contributed by atoms with E-state index in [-0.39, 0.29) is 35.9 Å². The molecule has 0 aliphatic carbocycles. The molecule has 0 aromatic heterocycles. The van der Waals surface area contributed by atoms with E-state index in [0.29, 0.717) is 18.7 Å². The molecule has 2 heterocycles. The maximum absolute atomic E-state index is 13.5.